The number of aromatic nitrogens is 3. The molecule has 0 radical (unpaired) electrons. The first-order valence-corrected chi connectivity index (χ1v) is 13.7. The van der Waals surface area contributed by atoms with E-state index in [4.69, 9.17) is 4.52 Å². The van der Waals surface area contributed by atoms with Gasteiger partial charge in [0.2, 0.25) is 5.91 Å². The summed E-state index contributed by atoms with van der Waals surface area (Å²) in [4.78, 5) is 17.7. The van der Waals surface area contributed by atoms with Crippen LogP contribution in [0.15, 0.2) is 59.5 Å². The molecule has 2 aromatic heterocycles. The van der Waals surface area contributed by atoms with Gasteiger partial charge in [-0.15, -0.1) is 0 Å². The molecule has 0 fully saturated rings. The molecule has 40 heavy (non-hydrogen) atoms. The molecule has 0 saturated heterocycles. The Kier molecular flexibility index (Phi) is 8.66. The van der Waals surface area contributed by atoms with Crippen LogP contribution < -0.4 is 16.0 Å². The molecule has 1 unspecified atom stereocenters. The quantitative estimate of drug-likeness (QED) is 0.244. The summed E-state index contributed by atoms with van der Waals surface area (Å²) in [7, 11) is 0. The summed E-state index contributed by atoms with van der Waals surface area (Å²) >= 11 is 0. The molecule has 210 valence electrons. The van der Waals surface area contributed by atoms with Gasteiger partial charge in [0.05, 0.1) is 23.6 Å². The van der Waals surface area contributed by atoms with Crippen LogP contribution in [0.4, 0.5) is 14.6 Å². The number of carbonyl (C=O) groups is 1. The molecule has 0 spiro atoms. The third kappa shape index (κ3) is 6.63. The number of imidazole rings is 1. The van der Waals surface area contributed by atoms with Crippen LogP contribution in [-0.2, 0) is 30.7 Å². The summed E-state index contributed by atoms with van der Waals surface area (Å²) in [6, 6.07) is 11.7. The number of halogens is 2. The van der Waals surface area contributed by atoms with Gasteiger partial charge < -0.3 is 25.0 Å². The van der Waals surface area contributed by atoms with Crippen molar-refractivity contribution >= 4 is 11.7 Å². The maximum atomic E-state index is 14.4. The Morgan fingerprint density at radius 2 is 2.05 bits per heavy atom. The van der Waals surface area contributed by atoms with E-state index in [1.54, 1.807) is 12.5 Å². The van der Waals surface area contributed by atoms with Gasteiger partial charge in [0, 0.05) is 31.3 Å². The highest BCUT2D eigenvalue weighted by Crippen LogP contribution is 2.26. The minimum Gasteiger partial charge on any atom is -0.361 e. The molecule has 2 atom stereocenters. The van der Waals surface area contributed by atoms with Crippen molar-refractivity contribution in [1.82, 2.24) is 25.3 Å². The Morgan fingerprint density at radius 3 is 2.85 bits per heavy atom. The second-order valence-corrected chi connectivity index (χ2v) is 10.3. The number of hydrogen-bond acceptors (Lipinski definition) is 6. The first-order chi connectivity index (χ1) is 19.4. The zero-order chi connectivity index (χ0) is 28.1. The maximum Gasteiger partial charge on any atom is 0.242 e. The van der Waals surface area contributed by atoms with E-state index >= 15 is 0 Å². The zero-order valence-electron chi connectivity index (χ0n) is 22.7. The summed E-state index contributed by atoms with van der Waals surface area (Å²) < 4.78 is 35.0. The molecule has 0 bridgehead atoms. The highest BCUT2D eigenvalue weighted by atomic mass is 19.1. The third-order valence-electron chi connectivity index (χ3n) is 7.20. The topological polar surface area (TPSA) is 97.0 Å². The molecule has 2 aromatic carbocycles. The minimum absolute atomic E-state index is 0.0761. The number of rotatable bonds is 11. The van der Waals surface area contributed by atoms with Crippen LogP contribution >= 0.6 is 0 Å². The number of nitrogens with one attached hydrogen (secondary N) is 3. The Hall–Kier alpha value is -3.89. The molecule has 2 heterocycles. The highest BCUT2D eigenvalue weighted by Gasteiger charge is 2.27. The lowest BCUT2D eigenvalue weighted by molar-refractivity contribution is -0.118. The van der Waals surface area contributed by atoms with Gasteiger partial charge in [-0.05, 0) is 61.4 Å². The first-order valence-electron chi connectivity index (χ1n) is 13.7. The van der Waals surface area contributed by atoms with E-state index in [-0.39, 0.29) is 11.9 Å². The maximum absolute atomic E-state index is 14.4. The number of hydrogen-bond donors (Lipinski definition) is 3. The Morgan fingerprint density at radius 1 is 1.20 bits per heavy atom. The van der Waals surface area contributed by atoms with E-state index in [2.05, 4.69) is 26.1 Å². The van der Waals surface area contributed by atoms with E-state index < -0.39 is 17.7 Å². The molecule has 1 aliphatic carbocycles. The summed E-state index contributed by atoms with van der Waals surface area (Å²) in [5, 5.41) is 13.8. The fraction of sp³-hybridized carbons (Fsp3) is 0.367. The molecule has 0 saturated carbocycles. The molecule has 3 N–H and O–H groups in total. The normalized spacial score (nSPS) is 15.6. The summed E-state index contributed by atoms with van der Waals surface area (Å²) in [6.45, 7) is 5.08. The van der Waals surface area contributed by atoms with Gasteiger partial charge in [0.1, 0.15) is 23.7 Å². The first kappa shape index (κ1) is 27.7. The lowest BCUT2D eigenvalue weighted by atomic mass is 9.87. The van der Waals surface area contributed by atoms with E-state index in [1.165, 1.54) is 6.07 Å². The molecule has 1 aliphatic rings. The van der Waals surface area contributed by atoms with Gasteiger partial charge in [-0.25, -0.2) is 13.8 Å². The number of fused-ring (bicyclic) bond motifs is 1. The smallest absolute Gasteiger partial charge is 0.242 e. The number of carbonyl (C=O) groups excluding carboxylic acids is 1. The number of benzene rings is 2. The Bertz CT molecular complexity index is 1470. The largest absolute Gasteiger partial charge is 0.361 e. The van der Waals surface area contributed by atoms with Gasteiger partial charge >= 0.3 is 0 Å². The number of para-hydroxylation sites is 1. The standard InChI is InChI=1S/C30H34F2N6O2/c1-3-6-27(35-23-10-9-20-12-22(31)13-26(32)25(20)14-23)30(39)36-29-17-38(18-34-29)28-8-5-4-7-21(28)15-33-16-24-11-19(2)40-37-24/h4-5,7-8,11-13,17-18,23,27,33,35H,3,6,9-10,14-16H2,1-2H3,(H,36,39)/t23?,27-/m0/s1. The van der Waals surface area contributed by atoms with Gasteiger partial charge in [0.25, 0.3) is 0 Å². The fourth-order valence-corrected chi connectivity index (χ4v) is 5.26. The zero-order valence-corrected chi connectivity index (χ0v) is 22.7. The predicted molar refractivity (Wildman–Crippen MR) is 148 cm³/mol. The van der Waals surface area contributed by atoms with Crippen molar-refractivity contribution in [1.29, 1.82) is 0 Å². The Balaban J connectivity index is 1.21. The molecule has 4 aromatic rings. The van der Waals surface area contributed by atoms with Crippen LogP contribution in [0.1, 0.15) is 54.3 Å². The van der Waals surface area contributed by atoms with Gasteiger partial charge in [-0.2, -0.15) is 0 Å². The number of nitrogens with zero attached hydrogens (tertiary/aromatic N) is 3. The highest BCUT2D eigenvalue weighted by molar-refractivity contribution is 5.94. The minimum atomic E-state index is -0.550. The molecule has 0 aliphatic heterocycles. The van der Waals surface area contributed by atoms with Crippen LogP contribution in [0.3, 0.4) is 0 Å². The van der Waals surface area contributed by atoms with Crippen molar-refractivity contribution in [2.24, 2.45) is 0 Å². The summed E-state index contributed by atoms with van der Waals surface area (Å²) in [6.07, 6.45) is 6.60. The third-order valence-corrected chi connectivity index (χ3v) is 7.20. The predicted octanol–water partition coefficient (Wildman–Crippen LogP) is 4.99. The molecule has 1 amide bonds. The van der Waals surface area contributed by atoms with Crippen LogP contribution in [0.2, 0.25) is 0 Å². The van der Waals surface area contributed by atoms with Gasteiger partial charge in [-0.1, -0.05) is 36.7 Å². The molecule has 10 heteroatoms. The van der Waals surface area contributed by atoms with Crippen molar-refractivity contribution in [2.45, 2.75) is 71.1 Å². The molecular weight excluding hydrogens is 514 g/mol. The molecular formula is C30H34F2N6O2. The number of aryl methyl sites for hydroxylation is 2. The van der Waals surface area contributed by atoms with Crippen molar-refractivity contribution in [2.75, 3.05) is 5.32 Å². The number of anilines is 1. The van der Waals surface area contributed by atoms with E-state index in [0.717, 1.165) is 35.2 Å². The average molecular weight is 549 g/mol. The average Bonchev–Trinajstić information content (AvgIpc) is 3.57. The van der Waals surface area contributed by atoms with Crippen molar-refractivity contribution in [3.8, 4) is 5.69 Å². The second kappa shape index (κ2) is 12.5. The van der Waals surface area contributed by atoms with Crippen LogP contribution in [-0.4, -0.2) is 32.7 Å². The SMILES string of the molecule is CCC[C@H](NC1CCc2cc(F)cc(F)c2C1)C(=O)Nc1cn(-c2ccccc2CNCc2cc(C)on2)cn1. The summed E-state index contributed by atoms with van der Waals surface area (Å²) in [5.74, 6) is -0.0334. The van der Waals surface area contributed by atoms with Crippen LogP contribution in [0.5, 0.6) is 0 Å². The van der Waals surface area contributed by atoms with E-state index in [9.17, 15) is 13.6 Å². The lowest BCUT2D eigenvalue weighted by Crippen LogP contribution is -2.48. The van der Waals surface area contributed by atoms with Crippen molar-refractivity contribution in [3.05, 3.63) is 94.8 Å². The van der Waals surface area contributed by atoms with Crippen molar-refractivity contribution < 1.29 is 18.1 Å². The van der Waals surface area contributed by atoms with E-state index in [1.807, 2.05) is 48.7 Å². The van der Waals surface area contributed by atoms with Crippen LogP contribution in [0, 0.1) is 18.6 Å². The molecule has 5 rings (SSSR count). The number of amides is 1. The van der Waals surface area contributed by atoms with E-state index in [0.29, 0.717) is 55.7 Å². The Labute approximate surface area is 232 Å². The van der Waals surface area contributed by atoms with Gasteiger partial charge in [0.15, 0.2) is 5.82 Å². The second-order valence-electron chi connectivity index (χ2n) is 10.3. The van der Waals surface area contributed by atoms with Gasteiger partial charge in [-0.3, -0.25) is 4.79 Å². The molecule has 8 nitrogen and oxygen atoms in total. The fourth-order valence-electron chi connectivity index (χ4n) is 5.26. The van der Waals surface area contributed by atoms with Crippen LogP contribution in [0.25, 0.3) is 5.69 Å². The van der Waals surface area contributed by atoms with Crippen molar-refractivity contribution in [3.63, 3.8) is 0 Å². The monoisotopic (exact) mass is 548 g/mol. The lowest BCUT2D eigenvalue weighted by Gasteiger charge is -2.29. The summed E-state index contributed by atoms with van der Waals surface area (Å²) in [5.41, 5.74) is 4.09.